The van der Waals surface area contributed by atoms with E-state index in [9.17, 15) is 9.59 Å². The summed E-state index contributed by atoms with van der Waals surface area (Å²) in [4.78, 5) is 37.3. The fourth-order valence-corrected chi connectivity index (χ4v) is 5.37. The van der Waals surface area contributed by atoms with Gasteiger partial charge in [-0.2, -0.15) is 0 Å². The lowest BCUT2D eigenvalue weighted by Gasteiger charge is -2.36. The zero-order chi connectivity index (χ0) is 25.8. The molecule has 0 spiro atoms. The quantitative estimate of drug-likeness (QED) is 0.262. The van der Waals surface area contributed by atoms with Gasteiger partial charge < -0.3 is 9.80 Å². The predicted octanol–water partition coefficient (Wildman–Crippen LogP) is 5.67. The van der Waals surface area contributed by atoms with Crippen molar-refractivity contribution < 1.29 is 4.79 Å². The number of nitrogens with zero attached hydrogens (tertiary/aromatic N) is 4. The smallest absolute Gasteiger partial charge is 0.262 e. The van der Waals surface area contributed by atoms with Gasteiger partial charge in [-0.15, -0.1) is 11.3 Å². The lowest BCUT2D eigenvalue weighted by molar-refractivity contribution is 0.0587. The number of benzene rings is 2. The van der Waals surface area contributed by atoms with Crippen LogP contribution in [0.15, 0.2) is 75.3 Å². The van der Waals surface area contributed by atoms with E-state index in [4.69, 9.17) is 4.98 Å². The van der Waals surface area contributed by atoms with Gasteiger partial charge in [0.1, 0.15) is 10.7 Å². The first-order chi connectivity index (χ1) is 17.3. The maximum atomic E-state index is 13.9. The van der Waals surface area contributed by atoms with E-state index in [-0.39, 0.29) is 23.4 Å². The van der Waals surface area contributed by atoms with Crippen LogP contribution in [0.5, 0.6) is 0 Å². The van der Waals surface area contributed by atoms with Crippen LogP contribution in [0, 0.1) is 5.92 Å². The van der Waals surface area contributed by atoms with E-state index < -0.39 is 0 Å². The van der Waals surface area contributed by atoms with Crippen molar-refractivity contribution in [1.82, 2.24) is 19.4 Å². The van der Waals surface area contributed by atoms with Crippen LogP contribution in [0.2, 0.25) is 0 Å². The van der Waals surface area contributed by atoms with Crippen LogP contribution in [-0.2, 0) is 6.54 Å². The van der Waals surface area contributed by atoms with E-state index in [1.807, 2.05) is 85.0 Å². The van der Waals surface area contributed by atoms with Crippen molar-refractivity contribution in [2.45, 2.75) is 26.4 Å². The molecule has 0 radical (unpaired) electrons. The molecule has 0 bridgehead atoms. The summed E-state index contributed by atoms with van der Waals surface area (Å²) in [5.41, 5.74) is 1.55. The standard InChI is InChI=1S/C28H31BrN4O2S/c1-19(2)24(32(16-15-31(3)4)27(34)21-10-12-22(29)13-11-21)25-30-26-23(14-17-36-26)28(35)33(25)18-20-8-6-5-7-9-20/h5-14,17,19,24H,15-16,18H2,1-4H3. The van der Waals surface area contributed by atoms with Crippen LogP contribution < -0.4 is 5.56 Å². The highest BCUT2D eigenvalue weighted by Gasteiger charge is 2.33. The van der Waals surface area contributed by atoms with E-state index >= 15 is 0 Å². The Kier molecular flexibility index (Phi) is 8.39. The fourth-order valence-electron chi connectivity index (χ4n) is 4.34. The van der Waals surface area contributed by atoms with E-state index in [1.54, 1.807) is 4.57 Å². The molecule has 2 heterocycles. The van der Waals surface area contributed by atoms with Crippen LogP contribution >= 0.6 is 27.3 Å². The minimum atomic E-state index is -0.385. The van der Waals surface area contributed by atoms with Gasteiger partial charge in [-0.1, -0.05) is 60.1 Å². The van der Waals surface area contributed by atoms with Gasteiger partial charge >= 0.3 is 0 Å². The van der Waals surface area contributed by atoms with Crippen molar-refractivity contribution in [1.29, 1.82) is 0 Å². The zero-order valence-electron chi connectivity index (χ0n) is 21.0. The molecule has 0 aliphatic heterocycles. The predicted molar refractivity (Wildman–Crippen MR) is 151 cm³/mol. The van der Waals surface area contributed by atoms with Crippen molar-refractivity contribution >= 4 is 43.4 Å². The first-order valence-corrected chi connectivity index (χ1v) is 13.7. The van der Waals surface area contributed by atoms with E-state index in [2.05, 4.69) is 34.7 Å². The van der Waals surface area contributed by atoms with Gasteiger partial charge in [-0.05, 0) is 61.3 Å². The molecule has 4 aromatic rings. The van der Waals surface area contributed by atoms with Crippen LogP contribution in [-0.4, -0.2) is 52.4 Å². The number of carbonyl (C=O) groups excluding carboxylic acids is 1. The van der Waals surface area contributed by atoms with Crippen LogP contribution in [0.25, 0.3) is 10.2 Å². The lowest BCUT2D eigenvalue weighted by atomic mass is 9.99. The Balaban J connectivity index is 1.88. The van der Waals surface area contributed by atoms with Gasteiger partial charge in [-0.25, -0.2) is 4.98 Å². The molecular formula is C28H31BrN4O2S. The first kappa shape index (κ1) is 26.3. The molecule has 0 aliphatic rings. The molecule has 4 rings (SSSR count). The Labute approximate surface area is 224 Å². The molecule has 8 heteroatoms. The lowest BCUT2D eigenvalue weighted by Crippen LogP contribution is -2.44. The number of fused-ring (bicyclic) bond motifs is 1. The summed E-state index contributed by atoms with van der Waals surface area (Å²) >= 11 is 4.91. The number of carbonyl (C=O) groups is 1. The molecule has 36 heavy (non-hydrogen) atoms. The number of amides is 1. The van der Waals surface area contributed by atoms with Gasteiger partial charge in [0.2, 0.25) is 0 Å². The Bertz CT molecular complexity index is 1380. The molecule has 1 unspecified atom stereocenters. The van der Waals surface area contributed by atoms with Crippen molar-refractivity contribution in [2.75, 3.05) is 27.2 Å². The Morgan fingerprint density at radius 2 is 1.72 bits per heavy atom. The summed E-state index contributed by atoms with van der Waals surface area (Å²) < 4.78 is 2.67. The molecule has 2 aromatic heterocycles. The van der Waals surface area contributed by atoms with E-state index in [0.717, 1.165) is 10.0 Å². The summed E-state index contributed by atoms with van der Waals surface area (Å²) in [6, 6.07) is 18.8. The molecular weight excluding hydrogens is 536 g/mol. The Morgan fingerprint density at radius 1 is 1.03 bits per heavy atom. The van der Waals surface area contributed by atoms with Crippen LogP contribution in [0.4, 0.5) is 0 Å². The molecule has 0 N–H and O–H groups in total. The summed E-state index contributed by atoms with van der Waals surface area (Å²) in [6.07, 6.45) is 0. The number of hydrogen-bond acceptors (Lipinski definition) is 5. The second kappa shape index (κ2) is 11.5. The number of hydrogen-bond donors (Lipinski definition) is 0. The average molecular weight is 568 g/mol. The molecule has 6 nitrogen and oxygen atoms in total. The second-order valence-electron chi connectivity index (χ2n) is 9.48. The third kappa shape index (κ3) is 5.77. The van der Waals surface area contributed by atoms with Gasteiger partial charge in [-0.3, -0.25) is 14.2 Å². The molecule has 2 aromatic carbocycles. The van der Waals surface area contributed by atoms with E-state index in [1.165, 1.54) is 11.3 Å². The van der Waals surface area contributed by atoms with Crippen molar-refractivity contribution in [3.63, 3.8) is 0 Å². The number of thiophene rings is 1. The minimum Gasteiger partial charge on any atom is -0.327 e. The third-order valence-corrected chi connectivity index (χ3v) is 7.50. The zero-order valence-corrected chi connectivity index (χ0v) is 23.4. The summed E-state index contributed by atoms with van der Waals surface area (Å²) in [7, 11) is 3.99. The first-order valence-electron chi connectivity index (χ1n) is 12.0. The maximum Gasteiger partial charge on any atom is 0.262 e. The Morgan fingerprint density at radius 3 is 2.36 bits per heavy atom. The molecule has 0 aliphatic carbocycles. The number of aromatic nitrogens is 2. The highest BCUT2D eigenvalue weighted by molar-refractivity contribution is 9.10. The molecule has 1 amide bonds. The number of likely N-dealkylation sites (N-methyl/N-ethyl adjacent to an activating group) is 1. The summed E-state index contributed by atoms with van der Waals surface area (Å²) in [5.74, 6) is 0.575. The second-order valence-corrected chi connectivity index (χ2v) is 11.3. The van der Waals surface area contributed by atoms with Gasteiger partial charge in [0.25, 0.3) is 11.5 Å². The van der Waals surface area contributed by atoms with E-state index in [0.29, 0.717) is 41.2 Å². The molecule has 0 fully saturated rings. The van der Waals surface area contributed by atoms with Crippen molar-refractivity contribution in [3.8, 4) is 0 Å². The maximum absolute atomic E-state index is 13.9. The normalized spacial score (nSPS) is 12.4. The highest BCUT2D eigenvalue weighted by Crippen LogP contribution is 2.31. The van der Waals surface area contributed by atoms with Gasteiger partial charge in [0, 0.05) is 23.1 Å². The molecule has 1 atom stereocenters. The van der Waals surface area contributed by atoms with Crippen molar-refractivity contribution in [2.24, 2.45) is 5.92 Å². The fraction of sp³-hybridized carbons (Fsp3) is 0.321. The largest absolute Gasteiger partial charge is 0.327 e. The van der Waals surface area contributed by atoms with Crippen LogP contribution in [0.3, 0.4) is 0 Å². The average Bonchev–Trinajstić information content (AvgIpc) is 3.33. The Hall–Kier alpha value is -2.81. The number of halogens is 1. The van der Waals surface area contributed by atoms with Gasteiger partial charge in [0.05, 0.1) is 18.0 Å². The topological polar surface area (TPSA) is 58.4 Å². The molecule has 188 valence electrons. The SMILES string of the molecule is CC(C)C(c1nc2sccc2c(=O)n1Cc1ccccc1)N(CCN(C)C)C(=O)c1ccc(Br)cc1. The molecule has 0 saturated carbocycles. The third-order valence-electron chi connectivity index (χ3n) is 6.17. The van der Waals surface area contributed by atoms with Gasteiger partial charge in [0.15, 0.2) is 0 Å². The van der Waals surface area contributed by atoms with Crippen LogP contribution in [0.1, 0.15) is 41.6 Å². The van der Waals surface area contributed by atoms with Crippen molar-refractivity contribution in [3.05, 3.63) is 97.8 Å². The monoisotopic (exact) mass is 566 g/mol. The minimum absolute atomic E-state index is 0.0258. The number of rotatable bonds is 9. The molecule has 0 saturated heterocycles. The summed E-state index contributed by atoms with van der Waals surface area (Å²) in [5, 5.41) is 2.51. The summed E-state index contributed by atoms with van der Waals surface area (Å²) in [6.45, 7) is 5.76. The highest BCUT2D eigenvalue weighted by atomic mass is 79.9.